The van der Waals surface area contributed by atoms with E-state index in [1.165, 1.54) is 32.9 Å². The summed E-state index contributed by atoms with van der Waals surface area (Å²) in [5.74, 6) is -0.409. The number of nitrogens with one attached hydrogen (secondary N) is 1. The van der Waals surface area contributed by atoms with E-state index in [2.05, 4.69) is 10.3 Å². The summed E-state index contributed by atoms with van der Waals surface area (Å²) < 4.78 is 0.977. The average Bonchev–Trinajstić information content (AvgIpc) is 3.11. The van der Waals surface area contributed by atoms with Gasteiger partial charge in [0.1, 0.15) is 6.54 Å². The van der Waals surface area contributed by atoms with E-state index in [4.69, 9.17) is 0 Å². The van der Waals surface area contributed by atoms with Gasteiger partial charge >= 0.3 is 0 Å². The van der Waals surface area contributed by atoms with Gasteiger partial charge in [0.25, 0.3) is 5.91 Å². The van der Waals surface area contributed by atoms with Crippen molar-refractivity contribution >= 4 is 61.9 Å². The van der Waals surface area contributed by atoms with E-state index in [9.17, 15) is 14.4 Å². The molecule has 0 saturated carbocycles. The molecular weight excluding hydrogens is 408 g/mol. The Balaban J connectivity index is 1.56. The zero-order chi connectivity index (χ0) is 20.5. The third-order valence-electron chi connectivity index (χ3n) is 4.40. The molecule has 0 unspecified atom stereocenters. The number of amides is 3. The lowest BCUT2D eigenvalue weighted by atomic mass is 10.1. The molecular formula is C20H18N4O3S2. The van der Waals surface area contributed by atoms with E-state index in [1.807, 2.05) is 30.3 Å². The third kappa shape index (κ3) is 3.96. The molecule has 0 atom stereocenters. The first kappa shape index (κ1) is 19.4. The van der Waals surface area contributed by atoms with Crippen LogP contribution in [0.1, 0.15) is 10.4 Å². The lowest BCUT2D eigenvalue weighted by Gasteiger charge is -2.29. The molecule has 7 nitrogen and oxygen atoms in total. The number of rotatable bonds is 4. The van der Waals surface area contributed by atoms with Crippen molar-refractivity contribution in [2.75, 3.05) is 36.6 Å². The van der Waals surface area contributed by atoms with Crippen molar-refractivity contribution < 1.29 is 14.4 Å². The molecule has 2 aromatic carbocycles. The fraction of sp³-hybridized carbons (Fsp3) is 0.200. The second-order valence-electron chi connectivity index (χ2n) is 6.69. The summed E-state index contributed by atoms with van der Waals surface area (Å²) in [7, 11) is 3.34. The molecule has 0 saturated heterocycles. The Kier molecular flexibility index (Phi) is 5.25. The molecule has 1 aliphatic heterocycles. The molecule has 29 heavy (non-hydrogen) atoms. The number of thioether (sulfide) groups is 1. The minimum Gasteiger partial charge on any atom is -0.345 e. The number of benzene rings is 2. The smallest absolute Gasteiger partial charge is 0.253 e. The van der Waals surface area contributed by atoms with Crippen LogP contribution in [0.2, 0.25) is 0 Å². The second-order valence-corrected chi connectivity index (χ2v) is 8.73. The summed E-state index contributed by atoms with van der Waals surface area (Å²) in [4.78, 5) is 45.6. The van der Waals surface area contributed by atoms with E-state index in [-0.39, 0.29) is 30.0 Å². The van der Waals surface area contributed by atoms with Gasteiger partial charge in [-0.05, 0) is 30.3 Å². The summed E-state index contributed by atoms with van der Waals surface area (Å²) in [6, 6.07) is 12.9. The monoisotopic (exact) mass is 426 g/mol. The van der Waals surface area contributed by atoms with Gasteiger partial charge in [0.05, 0.1) is 21.7 Å². The average molecular weight is 427 g/mol. The van der Waals surface area contributed by atoms with E-state index in [1.54, 1.807) is 26.2 Å². The molecule has 0 spiro atoms. The zero-order valence-corrected chi connectivity index (χ0v) is 17.5. The number of thiazole rings is 1. The van der Waals surface area contributed by atoms with Crippen molar-refractivity contribution in [1.82, 2.24) is 9.88 Å². The van der Waals surface area contributed by atoms with Gasteiger partial charge in [-0.1, -0.05) is 23.5 Å². The Labute approximate surface area is 175 Å². The largest absolute Gasteiger partial charge is 0.345 e. The van der Waals surface area contributed by atoms with Crippen molar-refractivity contribution in [2.24, 2.45) is 0 Å². The molecule has 3 aromatic rings. The SMILES string of the molecule is CN(C)C(=O)c1ccc2c(c1)N(CC(=O)Nc1nc3ccccc3s1)C(=O)CS2. The fourth-order valence-corrected chi connectivity index (χ4v) is 4.79. The van der Waals surface area contributed by atoms with Crippen LogP contribution in [0.5, 0.6) is 0 Å². The van der Waals surface area contributed by atoms with Gasteiger partial charge < -0.3 is 15.1 Å². The summed E-state index contributed by atoms with van der Waals surface area (Å²) >= 11 is 2.79. The molecule has 4 rings (SSSR count). The van der Waals surface area contributed by atoms with Gasteiger partial charge in [0.15, 0.2) is 5.13 Å². The van der Waals surface area contributed by atoms with E-state index in [0.717, 1.165) is 15.1 Å². The highest BCUT2D eigenvalue weighted by Gasteiger charge is 2.28. The minimum absolute atomic E-state index is 0.137. The number of carbonyl (C=O) groups excluding carboxylic acids is 3. The topological polar surface area (TPSA) is 82.6 Å². The van der Waals surface area contributed by atoms with Crippen LogP contribution >= 0.6 is 23.1 Å². The summed E-state index contributed by atoms with van der Waals surface area (Å²) in [5.41, 5.74) is 1.87. The first-order chi connectivity index (χ1) is 13.9. The number of para-hydroxylation sites is 1. The predicted octanol–water partition coefficient (Wildman–Crippen LogP) is 3.08. The lowest BCUT2D eigenvalue weighted by molar-refractivity contribution is -0.120. The number of nitrogens with zero attached hydrogens (tertiary/aromatic N) is 3. The molecule has 148 valence electrons. The second kappa shape index (κ2) is 7.84. The van der Waals surface area contributed by atoms with Gasteiger partial charge in [-0.25, -0.2) is 4.98 Å². The summed E-state index contributed by atoms with van der Waals surface area (Å²) in [6.45, 7) is -0.137. The lowest BCUT2D eigenvalue weighted by Crippen LogP contribution is -2.41. The molecule has 0 aliphatic carbocycles. The van der Waals surface area contributed by atoms with Crippen molar-refractivity contribution in [3.8, 4) is 0 Å². The van der Waals surface area contributed by atoms with Crippen LogP contribution in [0.25, 0.3) is 10.2 Å². The van der Waals surface area contributed by atoms with Crippen LogP contribution < -0.4 is 10.2 Å². The standard InChI is InChI=1S/C20H18N4O3S2/c1-23(2)19(27)12-7-8-16-14(9-12)24(18(26)11-28-16)10-17(25)22-20-21-13-5-3-4-6-15(13)29-20/h3-9H,10-11H2,1-2H3,(H,21,22,25). The Morgan fingerprint density at radius 3 is 2.76 bits per heavy atom. The Morgan fingerprint density at radius 1 is 1.21 bits per heavy atom. The van der Waals surface area contributed by atoms with Crippen LogP contribution in [0.15, 0.2) is 47.4 Å². The number of anilines is 2. The highest BCUT2D eigenvalue weighted by Crippen LogP contribution is 2.36. The van der Waals surface area contributed by atoms with Gasteiger partial charge in [0.2, 0.25) is 11.8 Å². The minimum atomic E-state index is -0.334. The number of hydrogen-bond donors (Lipinski definition) is 1. The first-order valence-electron chi connectivity index (χ1n) is 8.86. The van der Waals surface area contributed by atoms with Gasteiger partial charge in [-0.2, -0.15) is 0 Å². The summed E-state index contributed by atoms with van der Waals surface area (Å²) in [5, 5.41) is 3.27. The van der Waals surface area contributed by atoms with E-state index >= 15 is 0 Å². The Morgan fingerprint density at radius 2 is 2.00 bits per heavy atom. The van der Waals surface area contributed by atoms with Crippen LogP contribution in [-0.2, 0) is 9.59 Å². The van der Waals surface area contributed by atoms with Crippen LogP contribution in [-0.4, -0.2) is 54.0 Å². The highest BCUT2D eigenvalue weighted by atomic mass is 32.2. The summed E-state index contributed by atoms with van der Waals surface area (Å²) in [6.07, 6.45) is 0. The van der Waals surface area contributed by atoms with Crippen molar-refractivity contribution in [1.29, 1.82) is 0 Å². The molecule has 1 aromatic heterocycles. The van der Waals surface area contributed by atoms with Crippen molar-refractivity contribution in [2.45, 2.75) is 4.90 Å². The third-order valence-corrected chi connectivity index (χ3v) is 6.40. The number of carbonyl (C=O) groups is 3. The maximum atomic E-state index is 12.6. The van der Waals surface area contributed by atoms with Crippen molar-refractivity contribution in [3.05, 3.63) is 48.0 Å². The molecule has 1 aliphatic rings. The molecule has 3 amide bonds. The van der Waals surface area contributed by atoms with Crippen LogP contribution in [0.4, 0.5) is 10.8 Å². The zero-order valence-electron chi connectivity index (χ0n) is 15.8. The number of aromatic nitrogens is 1. The van der Waals surface area contributed by atoms with E-state index in [0.29, 0.717) is 16.4 Å². The quantitative estimate of drug-likeness (QED) is 0.693. The molecule has 9 heteroatoms. The maximum Gasteiger partial charge on any atom is 0.253 e. The van der Waals surface area contributed by atoms with Crippen LogP contribution in [0, 0.1) is 0 Å². The fourth-order valence-electron chi connectivity index (χ4n) is 2.99. The number of fused-ring (bicyclic) bond motifs is 2. The van der Waals surface area contributed by atoms with Crippen molar-refractivity contribution in [3.63, 3.8) is 0 Å². The Bertz CT molecular complexity index is 1090. The predicted molar refractivity (Wildman–Crippen MR) is 116 cm³/mol. The molecule has 0 radical (unpaired) electrons. The van der Waals surface area contributed by atoms with Gasteiger partial charge in [-0.15, -0.1) is 11.8 Å². The molecule has 2 heterocycles. The first-order valence-corrected chi connectivity index (χ1v) is 10.7. The van der Waals surface area contributed by atoms with Crippen LogP contribution in [0.3, 0.4) is 0 Å². The highest BCUT2D eigenvalue weighted by molar-refractivity contribution is 8.00. The maximum absolute atomic E-state index is 12.6. The van der Waals surface area contributed by atoms with Gasteiger partial charge in [-0.3, -0.25) is 14.4 Å². The van der Waals surface area contributed by atoms with Gasteiger partial charge in [0, 0.05) is 24.6 Å². The van der Waals surface area contributed by atoms with E-state index < -0.39 is 0 Å². The molecule has 1 N–H and O–H groups in total. The molecule has 0 bridgehead atoms. The number of hydrogen-bond acceptors (Lipinski definition) is 6. The Hall–Kier alpha value is -2.91. The normalized spacial score (nSPS) is 13.3. The molecule has 0 fully saturated rings.